The van der Waals surface area contributed by atoms with Gasteiger partial charge in [0.2, 0.25) is 0 Å². The van der Waals surface area contributed by atoms with Gasteiger partial charge in [-0.05, 0) is 17.7 Å². The van der Waals surface area contributed by atoms with Gasteiger partial charge in [-0.25, -0.2) is 0 Å². The molecule has 0 atom stereocenters. The van der Waals surface area contributed by atoms with Crippen LogP contribution in [0.1, 0.15) is 11.3 Å². The highest BCUT2D eigenvalue weighted by Crippen LogP contribution is 2.20. The van der Waals surface area contributed by atoms with E-state index in [1.54, 1.807) is 0 Å². The number of nitrogens with zero attached hydrogens (tertiary/aromatic N) is 1. The number of hydrogen-bond acceptors (Lipinski definition) is 2. The van der Waals surface area contributed by atoms with Gasteiger partial charge in [0, 0.05) is 6.20 Å². The first-order chi connectivity index (χ1) is 6.38. The van der Waals surface area contributed by atoms with Gasteiger partial charge in [-0.1, -0.05) is 0 Å². The van der Waals surface area contributed by atoms with E-state index in [0.717, 1.165) is 6.07 Å². The van der Waals surface area contributed by atoms with E-state index in [-0.39, 0.29) is 17.1 Å². The summed E-state index contributed by atoms with van der Waals surface area (Å²) in [7, 11) is 0. The van der Waals surface area contributed by atoms with Crippen molar-refractivity contribution < 1.29 is 13.2 Å². The zero-order valence-electron chi connectivity index (χ0n) is 7.10. The van der Waals surface area contributed by atoms with Crippen molar-refractivity contribution in [1.29, 1.82) is 5.41 Å². The molecule has 0 unspecified atom stereocenters. The number of nitrogens with one attached hydrogen (secondary N) is 1. The predicted molar refractivity (Wildman–Crippen MR) is 45.0 cm³/mol. The highest BCUT2D eigenvalue weighted by molar-refractivity contribution is 5.93. The zero-order chi connectivity index (χ0) is 10.8. The van der Waals surface area contributed by atoms with Crippen LogP contribution in [0.25, 0.3) is 0 Å². The molecule has 0 aliphatic rings. The Morgan fingerprint density at radius 3 is 2.64 bits per heavy atom. The lowest BCUT2D eigenvalue weighted by Crippen LogP contribution is -2.15. The summed E-state index contributed by atoms with van der Waals surface area (Å²) in [5.74, 6) is -0.339. The first kappa shape index (κ1) is 10.5. The number of hydrogen-bond donors (Lipinski definition) is 2. The fraction of sp³-hybridized carbons (Fsp3) is 0.250. The van der Waals surface area contributed by atoms with E-state index < -0.39 is 12.6 Å². The van der Waals surface area contributed by atoms with Gasteiger partial charge in [0.25, 0.3) is 0 Å². The molecule has 0 fully saturated rings. The smallest absolute Gasteiger partial charge is 0.382 e. The van der Waals surface area contributed by atoms with Crippen molar-refractivity contribution in [2.75, 3.05) is 0 Å². The summed E-state index contributed by atoms with van der Waals surface area (Å²) in [4.78, 5) is 3.65. The van der Waals surface area contributed by atoms with Crippen molar-refractivity contribution in [2.45, 2.75) is 12.6 Å². The SMILES string of the molecule is N=C(N)c1cc(CC(F)(F)F)ccn1. The van der Waals surface area contributed by atoms with Gasteiger partial charge in [-0.15, -0.1) is 0 Å². The second-order valence-corrected chi connectivity index (χ2v) is 2.75. The van der Waals surface area contributed by atoms with E-state index >= 15 is 0 Å². The van der Waals surface area contributed by atoms with Crippen molar-refractivity contribution in [3.63, 3.8) is 0 Å². The van der Waals surface area contributed by atoms with Gasteiger partial charge in [-0.2, -0.15) is 13.2 Å². The molecule has 0 aromatic carbocycles. The Balaban J connectivity index is 2.89. The van der Waals surface area contributed by atoms with Crippen LogP contribution in [-0.2, 0) is 6.42 Å². The third-order valence-electron chi connectivity index (χ3n) is 1.50. The summed E-state index contributed by atoms with van der Waals surface area (Å²) in [6.07, 6.45) is -4.08. The molecule has 0 saturated heterocycles. The van der Waals surface area contributed by atoms with Crippen LogP contribution >= 0.6 is 0 Å². The normalized spacial score (nSPS) is 11.4. The Kier molecular flexibility index (Phi) is 2.73. The number of pyridine rings is 1. The van der Waals surface area contributed by atoms with Gasteiger partial charge in [0.1, 0.15) is 11.5 Å². The molecule has 0 radical (unpaired) electrons. The second kappa shape index (κ2) is 3.65. The molecule has 3 nitrogen and oxygen atoms in total. The van der Waals surface area contributed by atoms with Crippen LogP contribution in [0, 0.1) is 5.41 Å². The van der Waals surface area contributed by atoms with Crippen LogP contribution in [0.5, 0.6) is 0 Å². The molecule has 6 heteroatoms. The molecule has 1 aromatic heterocycles. The molecule has 76 valence electrons. The number of nitrogens with two attached hydrogens (primary N) is 1. The third kappa shape index (κ3) is 3.04. The molecule has 0 saturated carbocycles. The fourth-order valence-electron chi connectivity index (χ4n) is 0.963. The second-order valence-electron chi connectivity index (χ2n) is 2.75. The van der Waals surface area contributed by atoms with Gasteiger partial charge in [0.15, 0.2) is 0 Å². The van der Waals surface area contributed by atoms with Crippen LogP contribution in [0.15, 0.2) is 18.3 Å². The summed E-state index contributed by atoms with van der Waals surface area (Å²) in [5, 5.41) is 7.00. The van der Waals surface area contributed by atoms with Crippen molar-refractivity contribution in [1.82, 2.24) is 4.98 Å². The minimum Gasteiger partial charge on any atom is -0.382 e. The zero-order valence-corrected chi connectivity index (χ0v) is 7.10. The number of halogens is 3. The number of alkyl halides is 3. The summed E-state index contributed by atoms with van der Waals surface area (Å²) < 4.78 is 35.9. The molecule has 0 bridgehead atoms. The van der Waals surface area contributed by atoms with Crippen molar-refractivity contribution in [3.8, 4) is 0 Å². The van der Waals surface area contributed by atoms with Crippen molar-refractivity contribution in [2.24, 2.45) is 5.73 Å². The highest BCUT2D eigenvalue weighted by atomic mass is 19.4. The maximum atomic E-state index is 12.0. The Morgan fingerprint density at radius 2 is 2.14 bits per heavy atom. The minimum atomic E-state index is -4.25. The maximum absolute atomic E-state index is 12.0. The van der Waals surface area contributed by atoms with E-state index in [1.165, 1.54) is 12.3 Å². The Bertz CT molecular complexity index is 346. The quantitative estimate of drug-likeness (QED) is 0.564. The van der Waals surface area contributed by atoms with Crippen molar-refractivity contribution in [3.05, 3.63) is 29.6 Å². The average Bonchev–Trinajstić information content (AvgIpc) is 2.01. The monoisotopic (exact) mass is 203 g/mol. The standard InChI is InChI=1S/C8H8F3N3/c9-8(10,11)4-5-1-2-14-6(3-5)7(12)13/h1-3H,4H2,(H3,12,13). The average molecular weight is 203 g/mol. The molecule has 0 aliphatic heterocycles. The fourth-order valence-corrected chi connectivity index (χ4v) is 0.963. The van der Waals surface area contributed by atoms with Crippen LogP contribution in [-0.4, -0.2) is 17.0 Å². The van der Waals surface area contributed by atoms with Gasteiger partial charge in [-0.3, -0.25) is 10.4 Å². The van der Waals surface area contributed by atoms with Crippen LogP contribution in [0.3, 0.4) is 0 Å². The van der Waals surface area contributed by atoms with Gasteiger partial charge < -0.3 is 5.73 Å². The van der Waals surface area contributed by atoms with Crippen LogP contribution in [0.4, 0.5) is 13.2 Å². The first-order valence-electron chi connectivity index (χ1n) is 3.74. The summed E-state index contributed by atoms with van der Waals surface area (Å²) >= 11 is 0. The maximum Gasteiger partial charge on any atom is 0.393 e. The number of aromatic nitrogens is 1. The summed E-state index contributed by atoms with van der Waals surface area (Å²) in [5.41, 5.74) is 5.20. The molecule has 1 rings (SSSR count). The topological polar surface area (TPSA) is 62.8 Å². The molecule has 0 aliphatic carbocycles. The molecule has 0 amide bonds. The third-order valence-corrected chi connectivity index (χ3v) is 1.50. The van der Waals surface area contributed by atoms with E-state index in [1.807, 2.05) is 0 Å². The molecule has 14 heavy (non-hydrogen) atoms. The van der Waals surface area contributed by atoms with E-state index in [2.05, 4.69) is 4.98 Å². The van der Waals surface area contributed by atoms with Gasteiger partial charge in [0.05, 0.1) is 6.42 Å². The Morgan fingerprint density at radius 1 is 1.50 bits per heavy atom. The lowest BCUT2D eigenvalue weighted by Gasteiger charge is -2.06. The predicted octanol–water partition coefficient (Wildman–Crippen LogP) is 1.47. The van der Waals surface area contributed by atoms with E-state index in [0.29, 0.717) is 0 Å². The summed E-state index contributed by atoms with van der Waals surface area (Å²) in [6.45, 7) is 0. The Hall–Kier alpha value is -1.59. The van der Waals surface area contributed by atoms with Crippen molar-refractivity contribution >= 4 is 5.84 Å². The highest BCUT2D eigenvalue weighted by Gasteiger charge is 2.27. The number of rotatable bonds is 2. The lowest BCUT2D eigenvalue weighted by atomic mass is 10.1. The Labute approximate surface area is 78.3 Å². The minimum absolute atomic E-state index is 0.0534. The van der Waals surface area contributed by atoms with Crippen LogP contribution in [0.2, 0.25) is 0 Å². The number of amidine groups is 1. The molecular formula is C8H8F3N3. The lowest BCUT2D eigenvalue weighted by molar-refractivity contribution is -0.127. The summed E-state index contributed by atoms with van der Waals surface area (Å²) in [6, 6.07) is 2.41. The first-order valence-corrected chi connectivity index (χ1v) is 3.74. The molecule has 1 heterocycles. The van der Waals surface area contributed by atoms with E-state index in [9.17, 15) is 13.2 Å². The van der Waals surface area contributed by atoms with Gasteiger partial charge >= 0.3 is 6.18 Å². The number of nitrogen functional groups attached to an aromatic ring is 1. The largest absolute Gasteiger partial charge is 0.393 e. The molecular weight excluding hydrogens is 195 g/mol. The molecule has 1 aromatic rings. The molecule has 3 N–H and O–H groups in total. The van der Waals surface area contributed by atoms with E-state index in [4.69, 9.17) is 11.1 Å². The van der Waals surface area contributed by atoms with Crippen LogP contribution < -0.4 is 5.73 Å². The molecule has 0 spiro atoms.